The Morgan fingerprint density at radius 1 is 1.50 bits per heavy atom. The number of aromatic carboxylic acids is 1. The van der Waals surface area contributed by atoms with Gasteiger partial charge < -0.3 is 9.84 Å². The van der Waals surface area contributed by atoms with Gasteiger partial charge >= 0.3 is 5.97 Å². The van der Waals surface area contributed by atoms with Gasteiger partial charge in [0.1, 0.15) is 12.4 Å². The summed E-state index contributed by atoms with van der Waals surface area (Å²) in [5.74, 6) is -1.01. The van der Waals surface area contributed by atoms with Crippen LogP contribution in [0.15, 0.2) is 29.6 Å². The Bertz CT molecular complexity index is 651. The molecule has 2 aromatic rings. The molecular formula is C13H11NO5S. The number of rotatable bonds is 5. The first-order chi connectivity index (χ1) is 9.49. The summed E-state index contributed by atoms with van der Waals surface area (Å²) in [5.41, 5.74) is -0.105. The maximum atomic E-state index is 11.0. The fraction of sp³-hybridized carbons (Fsp3) is 0.154. The van der Waals surface area contributed by atoms with E-state index < -0.39 is 10.9 Å². The van der Waals surface area contributed by atoms with Gasteiger partial charge in [-0.3, -0.25) is 10.1 Å². The van der Waals surface area contributed by atoms with E-state index in [0.29, 0.717) is 5.56 Å². The first-order valence-corrected chi connectivity index (χ1v) is 6.54. The first kappa shape index (κ1) is 14.0. The number of hydrogen-bond acceptors (Lipinski definition) is 5. The molecule has 104 valence electrons. The van der Waals surface area contributed by atoms with Crippen LogP contribution in [0, 0.1) is 17.0 Å². The molecule has 6 nitrogen and oxygen atoms in total. The molecule has 1 aromatic heterocycles. The van der Waals surface area contributed by atoms with Gasteiger partial charge in [0.05, 0.1) is 16.1 Å². The molecule has 0 bridgehead atoms. The maximum Gasteiger partial charge on any atom is 0.336 e. The Labute approximate surface area is 118 Å². The van der Waals surface area contributed by atoms with E-state index in [1.807, 2.05) is 17.5 Å². The average molecular weight is 293 g/mol. The quantitative estimate of drug-likeness (QED) is 0.675. The first-order valence-electron chi connectivity index (χ1n) is 5.66. The summed E-state index contributed by atoms with van der Waals surface area (Å²) < 4.78 is 5.51. The Kier molecular flexibility index (Phi) is 3.99. The molecule has 0 radical (unpaired) electrons. The van der Waals surface area contributed by atoms with E-state index in [9.17, 15) is 14.9 Å². The summed E-state index contributed by atoms with van der Waals surface area (Å²) in [6.07, 6.45) is 0. The number of hydrogen-bond donors (Lipinski definition) is 1. The molecule has 0 aliphatic heterocycles. The minimum absolute atomic E-state index is 0.163. The number of nitro groups is 1. The van der Waals surface area contributed by atoms with Gasteiger partial charge in [0.15, 0.2) is 0 Å². The van der Waals surface area contributed by atoms with Crippen molar-refractivity contribution in [1.29, 1.82) is 0 Å². The topological polar surface area (TPSA) is 89.7 Å². The van der Waals surface area contributed by atoms with Crippen LogP contribution in [0.2, 0.25) is 0 Å². The van der Waals surface area contributed by atoms with Crippen molar-refractivity contribution in [1.82, 2.24) is 0 Å². The molecule has 0 atom stereocenters. The molecule has 1 aromatic carbocycles. The monoisotopic (exact) mass is 293 g/mol. The van der Waals surface area contributed by atoms with Crippen molar-refractivity contribution in [3.05, 3.63) is 55.8 Å². The lowest BCUT2D eigenvalue weighted by molar-refractivity contribution is -0.385. The summed E-state index contributed by atoms with van der Waals surface area (Å²) in [4.78, 5) is 22.3. The lowest BCUT2D eigenvalue weighted by Crippen LogP contribution is -2.03. The molecule has 0 spiro atoms. The third kappa shape index (κ3) is 2.94. The molecule has 0 amide bonds. The maximum absolute atomic E-state index is 11.0. The molecule has 1 heterocycles. The molecule has 2 rings (SSSR count). The average Bonchev–Trinajstić information content (AvgIpc) is 2.90. The SMILES string of the molecule is Cc1c(OCc2cccs2)cc(C(=O)O)cc1[N+](=O)[O-]. The lowest BCUT2D eigenvalue weighted by atomic mass is 10.1. The lowest BCUT2D eigenvalue weighted by Gasteiger charge is -2.09. The number of thiophene rings is 1. The zero-order chi connectivity index (χ0) is 14.7. The van der Waals surface area contributed by atoms with Gasteiger partial charge in [0.2, 0.25) is 0 Å². The number of carboxylic acid groups (broad SMARTS) is 1. The van der Waals surface area contributed by atoms with Crippen LogP contribution >= 0.6 is 11.3 Å². The number of carboxylic acids is 1. The van der Waals surface area contributed by atoms with Crippen molar-refractivity contribution in [3.8, 4) is 5.75 Å². The molecule has 0 aliphatic carbocycles. The van der Waals surface area contributed by atoms with Crippen molar-refractivity contribution in [2.24, 2.45) is 0 Å². The zero-order valence-corrected chi connectivity index (χ0v) is 11.3. The number of nitrogens with zero attached hydrogens (tertiary/aromatic N) is 1. The van der Waals surface area contributed by atoms with Crippen molar-refractivity contribution >= 4 is 23.0 Å². The van der Waals surface area contributed by atoms with Crippen LogP contribution in [0.4, 0.5) is 5.69 Å². The van der Waals surface area contributed by atoms with Crippen LogP contribution in [-0.2, 0) is 6.61 Å². The number of benzene rings is 1. The van der Waals surface area contributed by atoms with E-state index in [-0.39, 0.29) is 23.6 Å². The highest BCUT2D eigenvalue weighted by atomic mass is 32.1. The molecule has 0 saturated heterocycles. The Morgan fingerprint density at radius 3 is 2.80 bits per heavy atom. The number of ether oxygens (including phenoxy) is 1. The summed E-state index contributed by atoms with van der Waals surface area (Å²) >= 11 is 1.49. The second-order valence-corrected chi connectivity index (χ2v) is 5.08. The van der Waals surface area contributed by atoms with Gasteiger partial charge in [-0.2, -0.15) is 0 Å². The third-order valence-electron chi connectivity index (χ3n) is 2.73. The molecule has 7 heteroatoms. The standard InChI is InChI=1S/C13H11NO5S/c1-8-11(14(17)18)5-9(13(15)16)6-12(8)19-7-10-3-2-4-20-10/h2-6H,7H2,1H3,(H,15,16). The smallest absolute Gasteiger partial charge is 0.336 e. The summed E-state index contributed by atoms with van der Waals surface area (Å²) in [6, 6.07) is 6.08. The molecule has 0 unspecified atom stereocenters. The molecule has 1 N–H and O–H groups in total. The van der Waals surface area contributed by atoms with E-state index in [1.54, 1.807) is 0 Å². The van der Waals surface area contributed by atoms with Gasteiger partial charge in [-0.15, -0.1) is 11.3 Å². The van der Waals surface area contributed by atoms with Crippen LogP contribution < -0.4 is 4.74 Å². The van der Waals surface area contributed by atoms with Gasteiger partial charge in [0.25, 0.3) is 5.69 Å². The minimum atomic E-state index is -1.23. The molecule has 0 aliphatic rings. The minimum Gasteiger partial charge on any atom is -0.488 e. The van der Waals surface area contributed by atoms with Crippen LogP contribution in [0.3, 0.4) is 0 Å². The van der Waals surface area contributed by atoms with E-state index in [2.05, 4.69) is 0 Å². The van der Waals surface area contributed by atoms with E-state index in [1.165, 1.54) is 24.3 Å². The predicted octanol–water partition coefficient (Wildman–Crippen LogP) is 3.24. The third-order valence-corrected chi connectivity index (χ3v) is 3.58. The molecular weight excluding hydrogens is 282 g/mol. The zero-order valence-electron chi connectivity index (χ0n) is 10.5. The van der Waals surface area contributed by atoms with Crippen LogP contribution in [0.1, 0.15) is 20.8 Å². The number of carbonyl (C=O) groups is 1. The van der Waals surface area contributed by atoms with Gasteiger partial charge in [-0.05, 0) is 24.4 Å². The predicted molar refractivity (Wildman–Crippen MR) is 73.4 cm³/mol. The Morgan fingerprint density at radius 2 is 2.25 bits per heavy atom. The van der Waals surface area contributed by atoms with Crippen molar-refractivity contribution < 1.29 is 19.6 Å². The van der Waals surface area contributed by atoms with Crippen LogP contribution in [-0.4, -0.2) is 16.0 Å². The second-order valence-electron chi connectivity index (χ2n) is 4.05. The summed E-state index contributed by atoms with van der Waals surface area (Å²) in [6.45, 7) is 1.78. The largest absolute Gasteiger partial charge is 0.488 e. The van der Waals surface area contributed by atoms with Gasteiger partial charge in [0, 0.05) is 10.9 Å². The molecule has 0 saturated carbocycles. The summed E-state index contributed by atoms with van der Waals surface area (Å²) in [7, 11) is 0. The fourth-order valence-corrected chi connectivity index (χ4v) is 2.30. The van der Waals surface area contributed by atoms with E-state index >= 15 is 0 Å². The van der Waals surface area contributed by atoms with E-state index in [0.717, 1.165) is 10.9 Å². The van der Waals surface area contributed by atoms with Crippen LogP contribution in [0.25, 0.3) is 0 Å². The Balaban J connectivity index is 2.35. The second kappa shape index (κ2) is 5.70. The van der Waals surface area contributed by atoms with E-state index in [4.69, 9.17) is 9.84 Å². The van der Waals surface area contributed by atoms with Gasteiger partial charge in [-0.1, -0.05) is 6.07 Å². The van der Waals surface area contributed by atoms with Crippen molar-refractivity contribution in [3.63, 3.8) is 0 Å². The fourth-order valence-electron chi connectivity index (χ4n) is 1.68. The highest BCUT2D eigenvalue weighted by Gasteiger charge is 2.20. The highest BCUT2D eigenvalue weighted by Crippen LogP contribution is 2.30. The van der Waals surface area contributed by atoms with Crippen LogP contribution in [0.5, 0.6) is 5.75 Å². The van der Waals surface area contributed by atoms with Gasteiger partial charge in [-0.25, -0.2) is 4.79 Å². The number of nitro benzene ring substituents is 1. The Hall–Kier alpha value is -2.41. The van der Waals surface area contributed by atoms with Crippen molar-refractivity contribution in [2.45, 2.75) is 13.5 Å². The normalized spacial score (nSPS) is 10.2. The molecule has 0 fully saturated rings. The molecule has 20 heavy (non-hydrogen) atoms. The highest BCUT2D eigenvalue weighted by molar-refractivity contribution is 7.09. The summed E-state index contributed by atoms with van der Waals surface area (Å²) in [5, 5.41) is 21.8. The van der Waals surface area contributed by atoms with Crippen molar-refractivity contribution in [2.75, 3.05) is 0 Å².